The van der Waals surface area contributed by atoms with E-state index in [0.717, 1.165) is 58.3 Å². The summed E-state index contributed by atoms with van der Waals surface area (Å²) in [6, 6.07) is 10.6. The fraction of sp³-hybridized carbons (Fsp3) is 0.500. The Morgan fingerprint density at radius 1 is 1.19 bits per heavy atom. The zero-order valence-electron chi connectivity index (χ0n) is 16.1. The lowest BCUT2D eigenvalue weighted by molar-refractivity contribution is 0.122. The normalized spacial score (nSPS) is 15.0. The van der Waals surface area contributed by atoms with Crippen molar-refractivity contribution < 1.29 is 4.74 Å². The summed E-state index contributed by atoms with van der Waals surface area (Å²) in [6.07, 6.45) is 4.80. The van der Waals surface area contributed by atoms with Gasteiger partial charge in [0.15, 0.2) is 5.96 Å². The summed E-state index contributed by atoms with van der Waals surface area (Å²) in [6.45, 7) is 8.91. The number of benzene rings is 1. The molecule has 1 aliphatic heterocycles. The molecular formula is C20H30N6O. The van der Waals surface area contributed by atoms with Crippen molar-refractivity contribution in [3.05, 3.63) is 48.3 Å². The van der Waals surface area contributed by atoms with Crippen LogP contribution in [0.4, 0.5) is 5.69 Å². The maximum Gasteiger partial charge on any atom is 0.191 e. The minimum atomic E-state index is 0.665. The number of nitrogens with one attached hydrogen (secondary N) is 2. The second kappa shape index (κ2) is 10.6. The third kappa shape index (κ3) is 6.29. The van der Waals surface area contributed by atoms with Crippen LogP contribution in [0.25, 0.3) is 0 Å². The SMILES string of the molecule is CCNC(=NCc1ccc(N2CCOCC2)cc1)NCCCn1cccn1. The molecule has 1 fully saturated rings. The van der Waals surface area contributed by atoms with Gasteiger partial charge in [-0.1, -0.05) is 12.1 Å². The maximum atomic E-state index is 5.42. The van der Waals surface area contributed by atoms with Gasteiger partial charge >= 0.3 is 0 Å². The molecule has 1 saturated heterocycles. The van der Waals surface area contributed by atoms with Gasteiger partial charge < -0.3 is 20.3 Å². The highest BCUT2D eigenvalue weighted by molar-refractivity contribution is 5.79. The first kappa shape index (κ1) is 19.2. The zero-order valence-corrected chi connectivity index (χ0v) is 16.1. The topological polar surface area (TPSA) is 66.7 Å². The number of hydrogen-bond donors (Lipinski definition) is 2. The monoisotopic (exact) mass is 370 g/mol. The Morgan fingerprint density at radius 3 is 2.70 bits per heavy atom. The predicted octanol–water partition coefficient (Wildman–Crippen LogP) is 1.87. The molecule has 1 aliphatic rings. The highest BCUT2D eigenvalue weighted by atomic mass is 16.5. The van der Waals surface area contributed by atoms with E-state index in [1.165, 1.54) is 11.3 Å². The van der Waals surface area contributed by atoms with Crippen molar-refractivity contribution in [3.8, 4) is 0 Å². The van der Waals surface area contributed by atoms with Crippen LogP contribution in [0, 0.1) is 0 Å². The number of aliphatic imine (C=N–C) groups is 1. The summed E-state index contributed by atoms with van der Waals surface area (Å²) in [5.74, 6) is 0.857. The van der Waals surface area contributed by atoms with Crippen LogP contribution in [-0.2, 0) is 17.8 Å². The average Bonchev–Trinajstić information content (AvgIpc) is 3.24. The molecule has 0 bridgehead atoms. The molecule has 0 atom stereocenters. The highest BCUT2D eigenvalue weighted by Gasteiger charge is 2.10. The van der Waals surface area contributed by atoms with Crippen LogP contribution in [0.5, 0.6) is 0 Å². The van der Waals surface area contributed by atoms with Crippen LogP contribution in [0.2, 0.25) is 0 Å². The summed E-state index contributed by atoms with van der Waals surface area (Å²) in [4.78, 5) is 7.06. The summed E-state index contributed by atoms with van der Waals surface area (Å²) in [7, 11) is 0. The molecule has 7 heteroatoms. The Balaban J connectivity index is 1.46. The third-order valence-electron chi connectivity index (χ3n) is 4.49. The lowest BCUT2D eigenvalue weighted by Crippen LogP contribution is -2.38. The first-order chi connectivity index (χ1) is 13.3. The van der Waals surface area contributed by atoms with Crippen molar-refractivity contribution in [1.82, 2.24) is 20.4 Å². The van der Waals surface area contributed by atoms with Crippen molar-refractivity contribution in [1.29, 1.82) is 0 Å². The smallest absolute Gasteiger partial charge is 0.191 e. The number of nitrogens with zero attached hydrogens (tertiary/aromatic N) is 4. The van der Waals surface area contributed by atoms with Crippen molar-refractivity contribution >= 4 is 11.6 Å². The molecule has 0 spiro atoms. The molecule has 0 saturated carbocycles. The largest absolute Gasteiger partial charge is 0.378 e. The fourth-order valence-corrected chi connectivity index (χ4v) is 3.03. The first-order valence-corrected chi connectivity index (χ1v) is 9.76. The number of anilines is 1. The Kier molecular flexibility index (Phi) is 7.53. The van der Waals surface area contributed by atoms with E-state index in [2.05, 4.69) is 51.8 Å². The van der Waals surface area contributed by atoms with Gasteiger partial charge in [0.1, 0.15) is 0 Å². The molecule has 2 aromatic rings. The van der Waals surface area contributed by atoms with E-state index in [9.17, 15) is 0 Å². The minimum absolute atomic E-state index is 0.665. The average molecular weight is 371 g/mol. The second-order valence-electron chi connectivity index (χ2n) is 6.51. The van der Waals surface area contributed by atoms with Gasteiger partial charge in [0.2, 0.25) is 0 Å². The Morgan fingerprint density at radius 2 is 2.00 bits per heavy atom. The van der Waals surface area contributed by atoms with Crippen LogP contribution in [-0.4, -0.2) is 55.1 Å². The molecule has 1 aromatic carbocycles. The summed E-state index contributed by atoms with van der Waals surface area (Å²) in [5, 5.41) is 10.9. The van der Waals surface area contributed by atoms with Crippen LogP contribution < -0.4 is 15.5 Å². The highest BCUT2D eigenvalue weighted by Crippen LogP contribution is 2.17. The number of aryl methyl sites for hydroxylation is 1. The van der Waals surface area contributed by atoms with E-state index in [4.69, 9.17) is 9.73 Å². The number of rotatable bonds is 8. The van der Waals surface area contributed by atoms with Crippen LogP contribution in [0.15, 0.2) is 47.7 Å². The predicted molar refractivity (Wildman–Crippen MR) is 109 cm³/mol. The van der Waals surface area contributed by atoms with E-state index in [0.29, 0.717) is 6.54 Å². The zero-order chi connectivity index (χ0) is 18.7. The van der Waals surface area contributed by atoms with Crippen molar-refractivity contribution in [3.63, 3.8) is 0 Å². The molecule has 146 valence electrons. The van der Waals surface area contributed by atoms with Gasteiger partial charge in [0.25, 0.3) is 0 Å². The Hall–Kier alpha value is -2.54. The number of guanidine groups is 1. The van der Waals surface area contributed by atoms with Gasteiger partial charge in [0, 0.05) is 50.8 Å². The fourth-order valence-electron chi connectivity index (χ4n) is 3.03. The molecule has 3 rings (SSSR count). The van der Waals surface area contributed by atoms with E-state index in [-0.39, 0.29) is 0 Å². The number of hydrogen-bond acceptors (Lipinski definition) is 4. The number of morpholine rings is 1. The van der Waals surface area contributed by atoms with Gasteiger partial charge in [-0.15, -0.1) is 0 Å². The lowest BCUT2D eigenvalue weighted by atomic mass is 10.2. The van der Waals surface area contributed by atoms with E-state index >= 15 is 0 Å². The molecule has 2 N–H and O–H groups in total. The lowest BCUT2D eigenvalue weighted by Gasteiger charge is -2.28. The summed E-state index contributed by atoms with van der Waals surface area (Å²) < 4.78 is 7.36. The van der Waals surface area contributed by atoms with Crippen LogP contribution in [0.1, 0.15) is 18.9 Å². The molecule has 27 heavy (non-hydrogen) atoms. The molecule has 0 aliphatic carbocycles. The second-order valence-corrected chi connectivity index (χ2v) is 6.51. The van der Waals surface area contributed by atoms with E-state index in [1.54, 1.807) is 0 Å². The molecule has 1 aromatic heterocycles. The van der Waals surface area contributed by atoms with Gasteiger partial charge in [-0.25, -0.2) is 4.99 Å². The minimum Gasteiger partial charge on any atom is -0.378 e. The van der Waals surface area contributed by atoms with Crippen LogP contribution >= 0.6 is 0 Å². The standard InChI is InChI=1S/C20H30N6O/c1-2-21-20(22-9-3-11-26-12-4-10-24-26)23-17-18-5-7-19(8-6-18)25-13-15-27-16-14-25/h4-8,10,12H,2-3,9,11,13-17H2,1H3,(H2,21,22,23). The van der Waals surface area contributed by atoms with Crippen molar-refractivity contribution in [2.24, 2.45) is 4.99 Å². The molecule has 0 amide bonds. The van der Waals surface area contributed by atoms with Crippen LogP contribution in [0.3, 0.4) is 0 Å². The quantitative estimate of drug-likeness (QED) is 0.422. The van der Waals surface area contributed by atoms with E-state index < -0.39 is 0 Å². The first-order valence-electron chi connectivity index (χ1n) is 9.76. The molecule has 0 radical (unpaired) electrons. The van der Waals surface area contributed by atoms with Gasteiger partial charge in [0.05, 0.1) is 19.8 Å². The van der Waals surface area contributed by atoms with Gasteiger partial charge in [-0.3, -0.25) is 4.68 Å². The van der Waals surface area contributed by atoms with Gasteiger partial charge in [-0.05, 0) is 37.1 Å². The Labute approximate surface area is 161 Å². The summed E-state index contributed by atoms with van der Waals surface area (Å²) >= 11 is 0. The maximum absolute atomic E-state index is 5.42. The molecule has 0 unspecified atom stereocenters. The van der Waals surface area contributed by atoms with E-state index in [1.807, 2.05) is 23.1 Å². The molecule has 2 heterocycles. The third-order valence-corrected chi connectivity index (χ3v) is 4.49. The number of aromatic nitrogens is 2. The van der Waals surface area contributed by atoms with Crippen molar-refractivity contribution in [2.75, 3.05) is 44.3 Å². The summed E-state index contributed by atoms with van der Waals surface area (Å²) in [5.41, 5.74) is 2.47. The molecular weight excluding hydrogens is 340 g/mol. The number of ether oxygens (including phenoxy) is 1. The van der Waals surface area contributed by atoms with Crippen molar-refractivity contribution in [2.45, 2.75) is 26.4 Å². The molecule has 7 nitrogen and oxygen atoms in total. The Bertz CT molecular complexity index is 677. The van der Waals surface area contributed by atoms with Gasteiger partial charge in [-0.2, -0.15) is 5.10 Å².